The van der Waals surface area contributed by atoms with Gasteiger partial charge < -0.3 is 14.9 Å². The maximum atomic E-state index is 12.7. The molecule has 7 nitrogen and oxygen atoms in total. The van der Waals surface area contributed by atoms with Gasteiger partial charge in [-0.05, 0) is 31.0 Å². The average molecular weight is 394 g/mol. The van der Waals surface area contributed by atoms with Gasteiger partial charge in [-0.2, -0.15) is 4.98 Å². The summed E-state index contributed by atoms with van der Waals surface area (Å²) in [6.45, 7) is 1.70. The maximum absolute atomic E-state index is 12.7. The number of carbonyl (C=O) groups excluding carboxylic acids is 1. The minimum absolute atomic E-state index is 0.0467. The molecule has 0 spiro atoms. The molecule has 0 unspecified atom stereocenters. The Kier molecular flexibility index (Phi) is 4.40. The number of aromatic nitrogens is 2. The van der Waals surface area contributed by atoms with Crippen LogP contribution in [0.4, 0.5) is 0 Å². The van der Waals surface area contributed by atoms with E-state index >= 15 is 0 Å². The monoisotopic (exact) mass is 393 g/mol. The topological polar surface area (TPSA) is 105 Å². The molecule has 1 fully saturated rings. The summed E-state index contributed by atoms with van der Waals surface area (Å²) in [5.41, 5.74) is -0.348. The number of carboxylic acid groups (broad SMARTS) is 1. The van der Waals surface area contributed by atoms with Gasteiger partial charge in [0.2, 0.25) is 5.89 Å². The lowest BCUT2D eigenvalue weighted by atomic mass is 9.95. The minimum atomic E-state index is -1.09. The normalized spacial score (nSPS) is 16.1. The van der Waals surface area contributed by atoms with Gasteiger partial charge in [0.1, 0.15) is 5.54 Å². The number of hydrogen-bond donors (Lipinski definition) is 2. The number of nitrogens with one attached hydrogen (secondary N) is 1. The van der Waals surface area contributed by atoms with Crippen LogP contribution in [0.2, 0.25) is 0 Å². The molecule has 0 atom stereocenters. The number of aromatic carboxylic acids is 1. The minimum Gasteiger partial charge on any atom is -0.478 e. The largest absolute Gasteiger partial charge is 0.478 e. The molecule has 1 amide bonds. The second kappa shape index (κ2) is 6.35. The van der Waals surface area contributed by atoms with Crippen molar-refractivity contribution in [3.05, 3.63) is 45.5 Å². The molecule has 0 saturated heterocycles. The average Bonchev–Trinajstić information content (AvgIpc) is 3.16. The summed E-state index contributed by atoms with van der Waals surface area (Å²) in [5, 5.41) is 16.1. The molecular formula is C16H16BrN3O4. The third-order valence-electron chi connectivity index (χ3n) is 4.17. The summed E-state index contributed by atoms with van der Waals surface area (Å²) < 4.78 is 5.59. The summed E-state index contributed by atoms with van der Waals surface area (Å²) in [6, 6.07) is 4.39. The van der Waals surface area contributed by atoms with Crippen molar-refractivity contribution in [3.8, 4) is 0 Å². The van der Waals surface area contributed by atoms with E-state index in [1.807, 2.05) is 0 Å². The fourth-order valence-corrected chi connectivity index (χ4v) is 3.50. The molecule has 3 rings (SSSR count). The van der Waals surface area contributed by atoms with Crippen molar-refractivity contribution >= 4 is 27.8 Å². The van der Waals surface area contributed by atoms with Gasteiger partial charge in [0.15, 0.2) is 5.82 Å². The molecule has 0 bridgehead atoms. The summed E-state index contributed by atoms with van der Waals surface area (Å²) in [7, 11) is 0. The number of hydrogen-bond acceptors (Lipinski definition) is 5. The van der Waals surface area contributed by atoms with Crippen LogP contribution in [0.25, 0.3) is 0 Å². The van der Waals surface area contributed by atoms with E-state index in [9.17, 15) is 9.59 Å². The molecule has 1 saturated carbocycles. The van der Waals surface area contributed by atoms with Crippen molar-refractivity contribution in [2.75, 3.05) is 0 Å². The van der Waals surface area contributed by atoms with Gasteiger partial charge in [0.05, 0.1) is 5.56 Å². The number of benzene rings is 1. The standard InChI is InChI=1S/C16H16BrN3O4/c1-9-18-15(20-24-9)16(4-2-3-5-16)19-13(21)10-6-11(14(22)23)8-12(17)7-10/h6-8H,2-5H2,1H3,(H,19,21)(H,22,23). The molecule has 0 radical (unpaired) electrons. The van der Waals surface area contributed by atoms with E-state index in [0.29, 0.717) is 16.2 Å². The van der Waals surface area contributed by atoms with Crippen LogP contribution in [-0.4, -0.2) is 27.1 Å². The predicted molar refractivity (Wildman–Crippen MR) is 87.7 cm³/mol. The van der Waals surface area contributed by atoms with Crippen LogP contribution < -0.4 is 5.32 Å². The SMILES string of the molecule is Cc1nc(C2(NC(=O)c3cc(Br)cc(C(=O)O)c3)CCCC2)no1. The van der Waals surface area contributed by atoms with E-state index in [0.717, 1.165) is 25.7 Å². The molecule has 0 aliphatic heterocycles. The van der Waals surface area contributed by atoms with Crippen molar-refractivity contribution in [2.45, 2.75) is 38.1 Å². The van der Waals surface area contributed by atoms with Crippen LogP contribution in [0.3, 0.4) is 0 Å². The summed E-state index contributed by atoms with van der Waals surface area (Å²) >= 11 is 3.24. The lowest BCUT2D eigenvalue weighted by Gasteiger charge is -2.26. The molecule has 24 heavy (non-hydrogen) atoms. The first-order chi connectivity index (χ1) is 11.4. The molecule has 2 N–H and O–H groups in total. The highest BCUT2D eigenvalue weighted by Crippen LogP contribution is 2.37. The van der Waals surface area contributed by atoms with Crippen molar-refractivity contribution in [1.82, 2.24) is 15.5 Å². The molecule has 1 aliphatic rings. The quantitative estimate of drug-likeness (QED) is 0.826. The molecule has 1 aliphatic carbocycles. The molecule has 126 valence electrons. The van der Waals surface area contributed by atoms with Gasteiger partial charge in [0, 0.05) is 17.0 Å². The Labute approximate surface area is 146 Å². The highest BCUT2D eigenvalue weighted by molar-refractivity contribution is 9.10. The summed E-state index contributed by atoms with van der Waals surface area (Å²) in [6.07, 6.45) is 3.34. The van der Waals surface area contributed by atoms with Crippen LogP contribution in [0.15, 0.2) is 27.2 Å². The highest BCUT2D eigenvalue weighted by atomic mass is 79.9. The predicted octanol–water partition coefficient (Wildman–Crippen LogP) is 3.04. The van der Waals surface area contributed by atoms with Crippen molar-refractivity contribution < 1.29 is 19.2 Å². The van der Waals surface area contributed by atoms with Gasteiger partial charge >= 0.3 is 5.97 Å². The fourth-order valence-electron chi connectivity index (χ4n) is 3.01. The van der Waals surface area contributed by atoms with E-state index in [4.69, 9.17) is 9.63 Å². The van der Waals surface area contributed by atoms with Crippen LogP contribution in [0.5, 0.6) is 0 Å². The lowest BCUT2D eigenvalue weighted by Crippen LogP contribution is -2.44. The number of halogens is 1. The smallest absolute Gasteiger partial charge is 0.335 e. The second-order valence-corrected chi connectivity index (χ2v) is 6.83. The van der Waals surface area contributed by atoms with Crippen molar-refractivity contribution in [3.63, 3.8) is 0 Å². The first-order valence-electron chi connectivity index (χ1n) is 7.57. The van der Waals surface area contributed by atoms with E-state index in [-0.39, 0.29) is 17.0 Å². The van der Waals surface area contributed by atoms with Crippen molar-refractivity contribution in [1.29, 1.82) is 0 Å². The zero-order chi connectivity index (χ0) is 17.3. The van der Waals surface area contributed by atoms with E-state index in [2.05, 4.69) is 31.4 Å². The van der Waals surface area contributed by atoms with E-state index in [1.54, 1.807) is 13.0 Å². The zero-order valence-corrected chi connectivity index (χ0v) is 14.6. The van der Waals surface area contributed by atoms with Crippen LogP contribution >= 0.6 is 15.9 Å². The molecular weight excluding hydrogens is 378 g/mol. The Hall–Kier alpha value is -2.22. The Balaban J connectivity index is 1.91. The van der Waals surface area contributed by atoms with Crippen LogP contribution in [0, 0.1) is 6.92 Å². The summed E-state index contributed by atoms with van der Waals surface area (Å²) in [5.74, 6) is -0.529. The Morgan fingerprint density at radius 1 is 1.25 bits per heavy atom. The number of carboxylic acids is 1. The van der Waals surface area contributed by atoms with E-state index < -0.39 is 11.5 Å². The second-order valence-electron chi connectivity index (χ2n) is 5.91. The molecule has 8 heteroatoms. The number of rotatable bonds is 4. The third-order valence-corrected chi connectivity index (χ3v) is 4.63. The lowest BCUT2D eigenvalue weighted by molar-refractivity contribution is 0.0697. The van der Waals surface area contributed by atoms with Gasteiger partial charge in [0.25, 0.3) is 5.91 Å². The van der Waals surface area contributed by atoms with Crippen molar-refractivity contribution in [2.24, 2.45) is 0 Å². The van der Waals surface area contributed by atoms with Gasteiger partial charge in [-0.3, -0.25) is 4.79 Å². The first-order valence-corrected chi connectivity index (χ1v) is 8.36. The fraction of sp³-hybridized carbons (Fsp3) is 0.375. The first kappa shape index (κ1) is 16.6. The number of nitrogens with zero attached hydrogens (tertiary/aromatic N) is 2. The zero-order valence-electron chi connectivity index (χ0n) is 13.0. The van der Waals surface area contributed by atoms with Crippen LogP contribution in [0.1, 0.15) is 58.1 Å². The van der Waals surface area contributed by atoms with Crippen LogP contribution in [-0.2, 0) is 5.54 Å². The Morgan fingerprint density at radius 3 is 2.50 bits per heavy atom. The number of amides is 1. The molecule has 1 aromatic carbocycles. The highest BCUT2D eigenvalue weighted by Gasteiger charge is 2.41. The number of aryl methyl sites for hydroxylation is 1. The van der Waals surface area contributed by atoms with E-state index in [1.165, 1.54) is 12.1 Å². The Bertz CT molecular complexity index is 796. The van der Waals surface area contributed by atoms with Gasteiger partial charge in [-0.25, -0.2) is 4.79 Å². The maximum Gasteiger partial charge on any atom is 0.335 e. The molecule has 1 heterocycles. The molecule has 2 aromatic rings. The third kappa shape index (κ3) is 3.19. The van der Waals surface area contributed by atoms with Gasteiger partial charge in [-0.1, -0.05) is 33.9 Å². The van der Waals surface area contributed by atoms with Gasteiger partial charge in [-0.15, -0.1) is 0 Å². The summed E-state index contributed by atoms with van der Waals surface area (Å²) in [4.78, 5) is 28.2. The molecule has 1 aromatic heterocycles. The number of carbonyl (C=O) groups is 2. The Morgan fingerprint density at radius 2 is 1.92 bits per heavy atom.